The molecule has 0 unspecified atom stereocenters. The number of para-hydroxylation sites is 2. The van der Waals surface area contributed by atoms with Crippen LogP contribution in [0.2, 0.25) is 5.02 Å². The Morgan fingerprint density at radius 3 is 2.73 bits per heavy atom. The molecule has 0 fully saturated rings. The third-order valence-corrected chi connectivity index (χ3v) is 3.99. The van der Waals surface area contributed by atoms with Gasteiger partial charge < -0.3 is 14.4 Å². The summed E-state index contributed by atoms with van der Waals surface area (Å²) in [7, 11) is 0. The molecule has 0 saturated heterocycles. The molecule has 26 heavy (non-hydrogen) atoms. The van der Waals surface area contributed by atoms with Crippen LogP contribution in [0, 0.1) is 0 Å². The number of azo groups is 1. The number of hydrogen-bond donors (Lipinski definition) is 1. The first kappa shape index (κ1) is 17.7. The molecule has 0 saturated carbocycles. The Morgan fingerprint density at radius 2 is 1.96 bits per heavy atom. The van der Waals surface area contributed by atoms with E-state index >= 15 is 0 Å². The second kappa shape index (κ2) is 7.84. The Bertz CT molecular complexity index is 995. The van der Waals surface area contributed by atoms with Gasteiger partial charge in [0.2, 0.25) is 5.88 Å². The monoisotopic (exact) mass is 369 g/mol. The van der Waals surface area contributed by atoms with E-state index in [0.717, 1.165) is 5.52 Å². The standard InChI is InChI=1S/C19H16ClN3O3/c1-2-11-23-15-9-5-3-7-13(15)18(19(23)25)22-21-17(24)12-26-16-10-6-4-8-14(16)20/h2-10,25H,1,11-12H2. The molecule has 0 radical (unpaired) electrons. The van der Waals surface area contributed by atoms with Crippen molar-refractivity contribution in [3.05, 3.63) is 66.2 Å². The number of benzene rings is 2. The van der Waals surface area contributed by atoms with Gasteiger partial charge in [-0.3, -0.25) is 4.79 Å². The van der Waals surface area contributed by atoms with Crippen LogP contribution in [0.5, 0.6) is 11.6 Å². The minimum atomic E-state index is -0.593. The SMILES string of the molecule is C=CCn1c(O)c(N=NC(=O)COc2ccccc2Cl)c2ccccc21. The molecule has 0 bridgehead atoms. The number of fused-ring (bicyclic) bond motifs is 1. The highest BCUT2D eigenvalue weighted by Crippen LogP contribution is 2.38. The van der Waals surface area contributed by atoms with Gasteiger partial charge in [-0.1, -0.05) is 48.0 Å². The molecule has 6 nitrogen and oxygen atoms in total. The normalized spacial score (nSPS) is 11.1. The summed E-state index contributed by atoms with van der Waals surface area (Å²) in [6, 6.07) is 14.1. The molecule has 0 aliphatic rings. The Kier molecular flexibility index (Phi) is 5.34. The van der Waals surface area contributed by atoms with Crippen molar-refractivity contribution >= 4 is 34.1 Å². The van der Waals surface area contributed by atoms with Crippen LogP contribution in [0.25, 0.3) is 10.9 Å². The molecule has 2 aromatic carbocycles. The Hall–Kier alpha value is -3.12. The summed E-state index contributed by atoms with van der Waals surface area (Å²) in [6.07, 6.45) is 1.66. The lowest BCUT2D eigenvalue weighted by Crippen LogP contribution is -2.08. The van der Waals surface area contributed by atoms with E-state index in [2.05, 4.69) is 16.8 Å². The summed E-state index contributed by atoms with van der Waals surface area (Å²) in [5.74, 6) is -0.275. The van der Waals surface area contributed by atoms with Crippen molar-refractivity contribution in [1.29, 1.82) is 0 Å². The van der Waals surface area contributed by atoms with Gasteiger partial charge in [0, 0.05) is 11.9 Å². The summed E-state index contributed by atoms with van der Waals surface area (Å²) >= 11 is 5.97. The van der Waals surface area contributed by atoms with Crippen molar-refractivity contribution < 1.29 is 14.6 Å². The minimum absolute atomic E-state index is 0.0744. The van der Waals surface area contributed by atoms with Crippen LogP contribution in [0.15, 0.2) is 71.4 Å². The fraction of sp³-hybridized carbons (Fsp3) is 0.105. The molecule has 7 heteroatoms. The lowest BCUT2D eigenvalue weighted by molar-refractivity contribution is -0.120. The Balaban J connectivity index is 1.80. The molecule has 0 spiro atoms. The topological polar surface area (TPSA) is 76.2 Å². The van der Waals surface area contributed by atoms with E-state index in [9.17, 15) is 9.90 Å². The van der Waals surface area contributed by atoms with Gasteiger partial charge in [-0.15, -0.1) is 16.8 Å². The molecule has 1 amide bonds. The molecule has 0 aliphatic carbocycles. The van der Waals surface area contributed by atoms with Crippen LogP contribution >= 0.6 is 11.6 Å². The number of aromatic hydroxyl groups is 1. The number of nitrogens with zero attached hydrogens (tertiary/aromatic N) is 3. The maximum Gasteiger partial charge on any atom is 0.302 e. The molecule has 1 aromatic heterocycles. The van der Waals surface area contributed by atoms with Gasteiger partial charge in [0.05, 0.1) is 10.5 Å². The number of amides is 1. The zero-order valence-electron chi connectivity index (χ0n) is 13.8. The van der Waals surface area contributed by atoms with Crippen LogP contribution in [0.1, 0.15) is 0 Å². The number of carbonyl (C=O) groups is 1. The molecule has 1 heterocycles. The number of allylic oxidation sites excluding steroid dienone is 1. The molecule has 1 N–H and O–H groups in total. The summed E-state index contributed by atoms with van der Waals surface area (Å²) in [4.78, 5) is 11.9. The Labute approximate surface area is 155 Å². The van der Waals surface area contributed by atoms with Crippen LogP contribution < -0.4 is 4.74 Å². The second-order valence-electron chi connectivity index (χ2n) is 5.40. The first-order chi connectivity index (χ1) is 12.6. The van der Waals surface area contributed by atoms with Gasteiger partial charge in [0.15, 0.2) is 12.3 Å². The average molecular weight is 370 g/mol. The smallest absolute Gasteiger partial charge is 0.302 e. The van der Waals surface area contributed by atoms with Crippen LogP contribution in [-0.2, 0) is 11.3 Å². The van der Waals surface area contributed by atoms with Crippen molar-refractivity contribution in [2.24, 2.45) is 10.2 Å². The summed E-state index contributed by atoms with van der Waals surface area (Å²) in [5.41, 5.74) is 1.01. The molecule has 0 atom stereocenters. The quantitative estimate of drug-likeness (QED) is 0.497. The average Bonchev–Trinajstić information content (AvgIpc) is 2.91. The zero-order valence-corrected chi connectivity index (χ0v) is 14.6. The minimum Gasteiger partial charge on any atom is -0.493 e. The molecule has 3 rings (SSSR count). The summed E-state index contributed by atoms with van der Waals surface area (Å²) in [5, 5.41) is 19.1. The van der Waals surface area contributed by atoms with Gasteiger partial charge in [-0.2, -0.15) is 0 Å². The number of rotatable bonds is 6. The van der Waals surface area contributed by atoms with E-state index in [1.165, 1.54) is 0 Å². The van der Waals surface area contributed by atoms with Crippen LogP contribution in [0.4, 0.5) is 5.69 Å². The summed E-state index contributed by atoms with van der Waals surface area (Å²) < 4.78 is 6.97. The van der Waals surface area contributed by atoms with E-state index in [0.29, 0.717) is 22.7 Å². The van der Waals surface area contributed by atoms with E-state index in [-0.39, 0.29) is 18.2 Å². The second-order valence-corrected chi connectivity index (χ2v) is 5.81. The maximum atomic E-state index is 11.9. The van der Waals surface area contributed by atoms with Crippen molar-refractivity contribution in [2.75, 3.05) is 6.61 Å². The maximum absolute atomic E-state index is 11.9. The van der Waals surface area contributed by atoms with Gasteiger partial charge in [0.1, 0.15) is 5.75 Å². The fourth-order valence-corrected chi connectivity index (χ4v) is 2.71. The van der Waals surface area contributed by atoms with Gasteiger partial charge >= 0.3 is 5.91 Å². The Morgan fingerprint density at radius 1 is 1.23 bits per heavy atom. The predicted octanol–water partition coefficient (Wildman–Crippen LogP) is 4.88. The molecular weight excluding hydrogens is 354 g/mol. The lowest BCUT2D eigenvalue weighted by Gasteiger charge is -2.04. The highest BCUT2D eigenvalue weighted by Gasteiger charge is 2.16. The predicted molar refractivity (Wildman–Crippen MR) is 100 cm³/mol. The van der Waals surface area contributed by atoms with E-state index in [1.807, 2.05) is 18.2 Å². The first-order valence-corrected chi connectivity index (χ1v) is 8.22. The van der Waals surface area contributed by atoms with Crippen LogP contribution in [-0.4, -0.2) is 22.2 Å². The third-order valence-electron chi connectivity index (χ3n) is 3.68. The molecule has 132 valence electrons. The zero-order chi connectivity index (χ0) is 18.5. The number of carbonyl (C=O) groups excluding carboxylic acids is 1. The summed E-state index contributed by atoms with van der Waals surface area (Å²) in [6.45, 7) is 3.78. The molecular formula is C19H16ClN3O3. The van der Waals surface area contributed by atoms with E-state index in [4.69, 9.17) is 16.3 Å². The van der Waals surface area contributed by atoms with E-state index in [1.54, 1.807) is 41.0 Å². The number of halogens is 1. The highest BCUT2D eigenvalue weighted by molar-refractivity contribution is 6.32. The highest BCUT2D eigenvalue weighted by atomic mass is 35.5. The first-order valence-electron chi connectivity index (χ1n) is 7.84. The number of hydrogen-bond acceptors (Lipinski definition) is 4. The fourth-order valence-electron chi connectivity index (χ4n) is 2.52. The van der Waals surface area contributed by atoms with Gasteiger partial charge in [0.25, 0.3) is 0 Å². The van der Waals surface area contributed by atoms with Gasteiger partial charge in [-0.05, 0) is 18.2 Å². The van der Waals surface area contributed by atoms with Crippen molar-refractivity contribution in [3.63, 3.8) is 0 Å². The molecule has 3 aromatic rings. The molecule has 0 aliphatic heterocycles. The van der Waals surface area contributed by atoms with Gasteiger partial charge in [-0.25, -0.2) is 0 Å². The number of aromatic nitrogens is 1. The largest absolute Gasteiger partial charge is 0.493 e. The van der Waals surface area contributed by atoms with Crippen LogP contribution in [0.3, 0.4) is 0 Å². The van der Waals surface area contributed by atoms with E-state index < -0.39 is 5.91 Å². The number of ether oxygens (including phenoxy) is 1. The van der Waals surface area contributed by atoms with Crippen molar-refractivity contribution in [3.8, 4) is 11.6 Å². The van der Waals surface area contributed by atoms with Crippen molar-refractivity contribution in [2.45, 2.75) is 6.54 Å². The van der Waals surface area contributed by atoms with Crippen molar-refractivity contribution in [1.82, 2.24) is 4.57 Å². The lowest BCUT2D eigenvalue weighted by atomic mass is 10.2. The third kappa shape index (κ3) is 3.60.